The number of morpholine rings is 1. The van der Waals surface area contributed by atoms with Crippen molar-refractivity contribution < 1.29 is 23.5 Å². The van der Waals surface area contributed by atoms with Gasteiger partial charge in [-0.3, -0.25) is 20.2 Å². The third kappa shape index (κ3) is 3.32. The highest BCUT2D eigenvalue weighted by Gasteiger charge is 2.62. The topological polar surface area (TPSA) is 114 Å². The first-order valence-corrected chi connectivity index (χ1v) is 10.5. The van der Waals surface area contributed by atoms with Gasteiger partial charge in [0.1, 0.15) is 5.82 Å². The second kappa shape index (κ2) is 7.64. The van der Waals surface area contributed by atoms with E-state index in [1.807, 2.05) is 11.8 Å². The number of amides is 4. The number of carbonyl (C=O) groups is 3. The van der Waals surface area contributed by atoms with Gasteiger partial charge in [0.15, 0.2) is 5.41 Å². The molecule has 4 amide bonds. The van der Waals surface area contributed by atoms with Gasteiger partial charge in [-0.25, -0.2) is 19.2 Å². The normalized spacial score (nSPS) is 25.4. The van der Waals surface area contributed by atoms with Gasteiger partial charge in [-0.2, -0.15) is 0 Å². The average molecular weight is 449 g/mol. The number of nitrogens with zero attached hydrogens (tertiary/aromatic N) is 3. The van der Waals surface area contributed by atoms with Crippen molar-refractivity contribution in [2.75, 3.05) is 11.4 Å². The Labute approximate surface area is 188 Å². The monoisotopic (exact) mass is 449 g/mol. The molecule has 33 heavy (non-hydrogen) atoms. The zero-order chi connectivity index (χ0) is 23.3. The smallest absolute Gasteiger partial charge is 0.328 e. The van der Waals surface area contributed by atoms with Crippen molar-refractivity contribution in [1.82, 2.24) is 20.6 Å². The molecule has 4 heterocycles. The summed E-state index contributed by atoms with van der Waals surface area (Å²) in [5.74, 6) is 3.78. The van der Waals surface area contributed by atoms with Crippen LogP contribution in [0.3, 0.4) is 0 Å². The van der Waals surface area contributed by atoms with Gasteiger partial charge in [0.25, 0.3) is 0 Å². The Bertz CT molecular complexity index is 1220. The van der Waals surface area contributed by atoms with Crippen LogP contribution in [0, 0.1) is 23.1 Å². The van der Waals surface area contributed by atoms with E-state index in [4.69, 9.17) is 4.74 Å². The molecular formula is C23H20FN5O4. The van der Waals surface area contributed by atoms with Crippen molar-refractivity contribution in [2.45, 2.75) is 38.5 Å². The number of anilines is 1. The van der Waals surface area contributed by atoms with Crippen LogP contribution in [0.1, 0.15) is 30.8 Å². The van der Waals surface area contributed by atoms with Gasteiger partial charge >= 0.3 is 6.03 Å². The molecule has 0 bridgehead atoms. The number of rotatable bonds is 0. The van der Waals surface area contributed by atoms with Gasteiger partial charge in [0.05, 0.1) is 23.8 Å². The summed E-state index contributed by atoms with van der Waals surface area (Å²) < 4.78 is 21.0. The molecule has 3 aliphatic rings. The first-order chi connectivity index (χ1) is 15.8. The van der Waals surface area contributed by atoms with Crippen molar-refractivity contribution in [3.63, 3.8) is 0 Å². The molecule has 2 saturated heterocycles. The van der Waals surface area contributed by atoms with E-state index >= 15 is 4.39 Å². The molecule has 3 atom stereocenters. The summed E-state index contributed by atoms with van der Waals surface area (Å²) in [6.07, 6.45) is 2.30. The third-order valence-electron chi connectivity index (χ3n) is 6.27. The van der Waals surface area contributed by atoms with E-state index in [0.717, 1.165) is 0 Å². The molecule has 2 N–H and O–H groups in total. The molecule has 1 aromatic heterocycles. The first kappa shape index (κ1) is 21.0. The summed E-state index contributed by atoms with van der Waals surface area (Å²) in [6.45, 7) is 3.99. The van der Waals surface area contributed by atoms with Gasteiger partial charge < -0.3 is 9.64 Å². The van der Waals surface area contributed by atoms with Gasteiger partial charge in [0, 0.05) is 24.6 Å². The number of imide groups is 2. The maximum atomic E-state index is 15.1. The molecular weight excluding hydrogens is 429 g/mol. The van der Waals surface area contributed by atoms with Crippen LogP contribution in [-0.4, -0.2) is 52.6 Å². The van der Waals surface area contributed by atoms with Gasteiger partial charge in [-0.1, -0.05) is 5.92 Å². The molecule has 3 aliphatic heterocycles. The molecule has 168 valence electrons. The summed E-state index contributed by atoms with van der Waals surface area (Å²) in [7, 11) is 0. The zero-order valence-electron chi connectivity index (χ0n) is 17.9. The van der Waals surface area contributed by atoms with Crippen LogP contribution < -0.4 is 15.5 Å². The van der Waals surface area contributed by atoms with Crippen LogP contribution in [-0.2, 0) is 20.7 Å². The van der Waals surface area contributed by atoms with E-state index in [0.29, 0.717) is 17.8 Å². The number of fused-ring (bicyclic) bond motifs is 4. The Morgan fingerprint density at radius 3 is 2.52 bits per heavy atom. The highest BCUT2D eigenvalue weighted by molar-refractivity contribution is 6.20. The Kier molecular flexibility index (Phi) is 4.87. The Morgan fingerprint density at radius 1 is 1.12 bits per heavy atom. The number of nitrogens with one attached hydrogen (secondary N) is 2. The number of benzene rings is 1. The van der Waals surface area contributed by atoms with Crippen LogP contribution in [0.25, 0.3) is 0 Å². The lowest BCUT2D eigenvalue weighted by Gasteiger charge is -2.55. The van der Waals surface area contributed by atoms with Crippen molar-refractivity contribution in [2.24, 2.45) is 5.41 Å². The molecule has 9 nitrogen and oxygen atoms in total. The highest BCUT2D eigenvalue weighted by atomic mass is 19.1. The van der Waals surface area contributed by atoms with E-state index in [2.05, 4.69) is 32.4 Å². The van der Waals surface area contributed by atoms with Crippen molar-refractivity contribution in [1.29, 1.82) is 0 Å². The quantitative estimate of drug-likeness (QED) is 0.454. The molecule has 2 fully saturated rings. The third-order valence-corrected chi connectivity index (χ3v) is 6.27. The summed E-state index contributed by atoms with van der Waals surface area (Å²) in [4.78, 5) is 47.9. The molecule has 0 saturated carbocycles. The first-order valence-electron chi connectivity index (χ1n) is 10.5. The van der Waals surface area contributed by atoms with E-state index in [1.165, 1.54) is 18.5 Å². The molecule has 5 rings (SSSR count). The van der Waals surface area contributed by atoms with Gasteiger partial charge in [0.2, 0.25) is 17.6 Å². The molecule has 1 aromatic carbocycles. The molecule has 10 heteroatoms. The lowest BCUT2D eigenvalue weighted by Crippen LogP contribution is -2.75. The zero-order valence-corrected chi connectivity index (χ0v) is 17.9. The fraction of sp³-hybridized carbons (Fsp3) is 0.348. The summed E-state index contributed by atoms with van der Waals surface area (Å²) in [5.41, 5.74) is -0.376. The number of hydrogen-bond acceptors (Lipinski definition) is 7. The van der Waals surface area contributed by atoms with Crippen LogP contribution >= 0.6 is 0 Å². The lowest BCUT2D eigenvalue weighted by molar-refractivity contribution is -0.153. The highest BCUT2D eigenvalue weighted by Crippen LogP contribution is 2.47. The standard InChI is InChI=1S/C23H20FN5O4/c1-12-11-29-17-9-16(24)14(4-5-18-25-6-3-7-26-18)8-15(17)10-23(19(29)13(2)33-12)20(30)27-22(32)28-21(23)31/h3,6-9,12-13,19H,10-11H2,1-2H3,(H2,27,28,30,31,32)/t12-,13+,19-/m1/s1. The summed E-state index contributed by atoms with van der Waals surface area (Å²) in [6, 6.07) is 2.98. The van der Waals surface area contributed by atoms with Crippen LogP contribution in [0.2, 0.25) is 0 Å². The summed E-state index contributed by atoms with van der Waals surface area (Å²) in [5, 5.41) is 4.46. The van der Waals surface area contributed by atoms with Crippen LogP contribution in [0.5, 0.6) is 0 Å². The van der Waals surface area contributed by atoms with Gasteiger partial charge in [-0.05, 0) is 50.0 Å². The van der Waals surface area contributed by atoms with Crippen molar-refractivity contribution in [3.8, 4) is 11.8 Å². The van der Waals surface area contributed by atoms with E-state index < -0.39 is 41.2 Å². The molecule has 0 radical (unpaired) electrons. The largest absolute Gasteiger partial charge is 0.372 e. The minimum Gasteiger partial charge on any atom is -0.372 e. The molecule has 0 aliphatic carbocycles. The predicted octanol–water partition coefficient (Wildman–Crippen LogP) is 0.906. The summed E-state index contributed by atoms with van der Waals surface area (Å²) >= 11 is 0. The van der Waals surface area contributed by atoms with Crippen molar-refractivity contribution >= 4 is 23.5 Å². The number of barbiturate groups is 1. The molecule has 2 aromatic rings. The number of carbonyl (C=O) groups excluding carboxylic acids is 3. The maximum Gasteiger partial charge on any atom is 0.328 e. The molecule has 0 unspecified atom stereocenters. The van der Waals surface area contributed by atoms with E-state index in [1.54, 1.807) is 19.1 Å². The Morgan fingerprint density at radius 2 is 1.82 bits per heavy atom. The van der Waals surface area contributed by atoms with E-state index in [9.17, 15) is 14.4 Å². The second-order valence-corrected chi connectivity index (χ2v) is 8.42. The van der Waals surface area contributed by atoms with E-state index in [-0.39, 0.29) is 23.9 Å². The predicted molar refractivity (Wildman–Crippen MR) is 113 cm³/mol. The minimum absolute atomic E-state index is 0.0344. The number of halogens is 1. The Balaban J connectivity index is 1.65. The van der Waals surface area contributed by atoms with Crippen molar-refractivity contribution in [3.05, 3.63) is 53.4 Å². The number of urea groups is 1. The number of hydrogen-bond donors (Lipinski definition) is 2. The lowest BCUT2D eigenvalue weighted by atomic mass is 9.66. The minimum atomic E-state index is -1.62. The SMILES string of the molecule is C[C@@H]1CN2c3cc(F)c(C#Cc4ncccn4)cc3CC3(C(=O)NC(=O)NC3=O)[C@H]2[C@H](C)O1. The van der Waals surface area contributed by atoms with Crippen LogP contribution in [0.4, 0.5) is 14.9 Å². The molecule has 1 spiro atoms. The number of aromatic nitrogens is 2. The Hall–Kier alpha value is -3.84. The second-order valence-electron chi connectivity index (χ2n) is 8.42. The maximum absolute atomic E-state index is 15.1. The van der Waals surface area contributed by atoms with Crippen LogP contribution in [0.15, 0.2) is 30.6 Å². The fourth-order valence-electron chi connectivity index (χ4n) is 5.04. The average Bonchev–Trinajstić information content (AvgIpc) is 2.76. The fourth-order valence-corrected chi connectivity index (χ4v) is 5.04. The number of ether oxygens (including phenoxy) is 1. The van der Waals surface area contributed by atoms with Gasteiger partial charge in [-0.15, -0.1) is 0 Å².